The number of nitrogens with zero attached hydrogens (tertiary/aromatic N) is 2. The van der Waals surface area contributed by atoms with E-state index in [1.165, 1.54) is 13.1 Å². The molecule has 6 heteroatoms. The van der Waals surface area contributed by atoms with Gasteiger partial charge in [0.05, 0.1) is 6.21 Å². The Morgan fingerprint density at radius 1 is 1.11 bits per heavy atom. The topological polar surface area (TPSA) is 74.8 Å². The van der Waals surface area contributed by atoms with Crippen LogP contribution in [0.15, 0.2) is 47.7 Å². The zero-order valence-electron chi connectivity index (χ0n) is 16.4. The minimum atomic E-state index is -0.524. The number of aromatic amines is 1. The van der Waals surface area contributed by atoms with E-state index in [9.17, 15) is 9.59 Å². The third kappa shape index (κ3) is 4.28. The number of nitrogens with one attached hydrogen (secondary N) is 1. The highest BCUT2D eigenvalue weighted by Crippen LogP contribution is 2.24. The molecule has 0 bridgehead atoms. The number of rotatable bonds is 5. The molecular weight excluding hydrogens is 354 g/mol. The highest BCUT2D eigenvalue weighted by Gasteiger charge is 2.18. The lowest BCUT2D eigenvalue weighted by atomic mass is 10.1. The largest absolute Gasteiger partial charge is 0.483 e. The van der Waals surface area contributed by atoms with Crippen molar-refractivity contribution in [2.45, 2.75) is 27.7 Å². The highest BCUT2D eigenvalue weighted by atomic mass is 16.5. The number of hydrogen-bond acceptors (Lipinski definition) is 4. The van der Waals surface area contributed by atoms with Crippen LogP contribution in [0.1, 0.15) is 29.2 Å². The Balaban J connectivity index is 1.72. The van der Waals surface area contributed by atoms with Crippen molar-refractivity contribution in [3.8, 4) is 5.75 Å². The molecule has 2 aromatic carbocycles. The second kappa shape index (κ2) is 8.08. The third-order valence-electron chi connectivity index (χ3n) is 4.38. The molecule has 28 heavy (non-hydrogen) atoms. The molecule has 0 aliphatic heterocycles. The van der Waals surface area contributed by atoms with Gasteiger partial charge in [-0.2, -0.15) is 10.1 Å². The van der Waals surface area contributed by atoms with Crippen molar-refractivity contribution in [3.05, 3.63) is 64.8 Å². The maximum absolute atomic E-state index is 12.5. The van der Waals surface area contributed by atoms with Gasteiger partial charge < -0.3 is 9.72 Å². The first-order valence-corrected chi connectivity index (χ1v) is 9.00. The maximum Gasteiger partial charge on any atom is 0.287 e. The van der Waals surface area contributed by atoms with Crippen LogP contribution in [0.5, 0.6) is 5.75 Å². The SMILES string of the molecule is CC(=O)N(N=Cc1ccc2cc[nH]c2c1)C(=O)COc1c(C)cc(C)cc1C. The first-order valence-electron chi connectivity index (χ1n) is 9.00. The number of aromatic nitrogens is 1. The Morgan fingerprint density at radius 3 is 2.50 bits per heavy atom. The van der Waals surface area contributed by atoms with Gasteiger partial charge in [0.25, 0.3) is 5.91 Å². The molecule has 3 aromatic rings. The van der Waals surface area contributed by atoms with E-state index < -0.39 is 11.8 Å². The molecule has 144 valence electrons. The van der Waals surface area contributed by atoms with Gasteiger partial charge >= 0.3 is 0 Å². The number of hydrogen-bond donors (Lipinski definition) is 1. The van der Waals surface area contributed by atoms with Gasteiger partial charge in [-0.1, -0.05) is 29.8 Å². The molecule has 1 N–H and O–H groups in total. The van der Waals surface area contributed by atoms with Crippen molar-refractivity contribution in [3.63, 3.8) is 0 Å². The lowest BCUT2D eigenvalue weighted by molar-refractivity contribution is -0.144. The van der Waals surface area contributed by atoms with Crippen LogP contribution >= 0.6 is 0 Å². The maximum atomic E-state index is 12.5. The van der Waals surface area contributed by atoms with E-state index in [1.54, 1.807) is 0 Å². The molecular formula is C22H23N3O3. The zero-order chi connectivity index (χ0) is 20.3. The summed E-state index contributed by atoms with van der Waals surface area (Å²) in [5, 5.41) is 5.98. The molecule has 0 saturated carbocycles. The number of imide groups is 1. The fourth-order valence-corrected chi connectivity index (χ4v) is 3.18. The summed E-state index contributed by atoms with van der Waals surface area (Å²) in [6.45, 7) is 6.89. The first-order chi connectivity index (χ1) is 13.3. The van der Waals surface area contributed by atoms with Gasteiger partial charge in [0.15, 0.2) is 6.61 Å². The fraction of sp³-hybridized carbons (Fsp3) is 0.227. The summed E-state index contributed by atoms with van der Waals surface area (Å²) in [6.07, 6.45) is 3.34. The Hall–Kier alpha value is -3.41. The highest BCUT2D eigenvalue weighted by molar-refractivity contribution is 5.96. The summed E-state index contributed by atoms with van der Waals surface area (Å²) in [4.78, 5) is 27.5. The Morgan fingerprint density at radius 2 is 1.82 bits per heavy atom. The van der Waals surface area contributed by atoms with Crippen LogP contribution in [0.3, 0.4) is 0 Å². The number of ether oxygens (including phenoxy) is 1. The molecule has 2 amide bonds. The van der Waals surface area contributed by atoms with Gasteiger partial charge in [-0.25, -0.2) is 0 Å². The van der Waals surface area contributed by atoms with Crippen molar-refractivity contribution < 1.29 is 14.3 Å². The molecule has 1 aromatic heterocycles. The van der Waals surface area contributed by atoms with Crippen molar-refractivity contribution in [1.82, 2.24) is 9.99 Å². The lowest BCUT2D eigenvalue weighted by Gasteiger charge is -2.16. The van der Waals surface area contributed by atoms with Crippen LogP contribution in [0.4, 0.5) is 0 Å². The molecule has 0 saturated heterocycles. The molecule has 3 rings (SSSR count). The van der Waals surface area contributed by atoms with Crippen molar-refractivity contribution in [1.29, 1.82) is 0 Å². The molecule has 0 aliphatic carbocycles. The molecule has 0 aliphatic rings. The summed E-state index contributed by atoms with van der Waals surface area (Å²) >= 11 is 0. The predicted octanol–water partition coefficient (Wildman–Crippen LogP) is 3.88. The second-order valence-electron chi connectivity index (χ2n) is 6.81. The third-order valence-corrected chi connectivity index (χ3v) is 4.38. The molecule has 1 heterocycles. The molecule has 0 radical (unpaired) electrons. The van der Waals surface area contributed by atoms with E-state index in [0.717, 1.165) is 38.2 Å². The van der Waals surface area contributed by atoms with Gasteiger partial charge in [0, 0.05) is 18.6 Å². The Kier molecular flexibility index (Phi) is 5.59. The summed E-state index contributed by atoms with van der Waals surface area (Å²) in [5.41, 5.74) is 4.76. The fourth-order valence-electron chi connectivity index (χ4n) is 3.18. The van der Waals surface area contributed by atoms with E-state index in [4.69, 9.17) is 4.74 Å². The summed E-state index contributed by atoms with van der Waals surface area (Å²) in [6, 6.07) is 11.7. The second-order valence-corrected chi connectivity index (χ2v) is 6.81. The average molecular weight is 377 g/mol. The number of fused-ring (bicyclic) bond motifs is 1. The van der Waals surface area contributed by atoms with Crippen LogP contribution < -0.4 is 4.74 Å². The van der Waals surface area contributed by atoms with Crippen LogP contribution in [0.25, 0.3) is 10.9 Å². The van der Waals surface area contributed by atoms with Crippen LogP contribution in [-0.2, 0) is 9.59 Å². The number of H-pyrrole nitrogens is 1. The predicted molar refractivity (Wildman–Crippen MR) is 110 cm³/mol. The van der Waals surface area contributed by atoms with Crippen molar-refractivity contribution in [2.24, 2.45) is 5.10 Å². The number of aryl methyl sites for hydroxylation is 3. The molecule has 6 nitrogen and oxygen atoms in total. The van der Waals surface area contributed by atoms with Crippen LogP contribution in [-0.4, -0.2) is 34.6 Å². The van der Waals surface area contributed by atoms with E-state index in [0.29, 0.717) is 5.75 Å². The summed E-state index contributed by atoms with van der Waals surface area (Å²) in [7, 11) is 0. The van der Waals surface area contributed by atoms with Gasteiger partial charge in [-0.05, 0) is 55.0 Å². The number of hydrazone groups is 1. The molecule has 0 unspecified atom stereocenters. The molecule has 0 atom stereocenters. The number of carbonyl (C=O) groups excluding carboxylic acids is 2. The van der Waals surface area contributed by atoms with Crippen molar-refractivity contribution >= 4 is 28.9 Å². The summed E-state index contributed by atoms with van der Waals surface area (Å²) < 4.78 is 5.69. The first kappa shape index (κ1) is 19.4. The normalized spacial score (nSPS) is 11.1. The van der Waals surface area contributed by atoms with Crippen LogP contribution in [0, 0.1) is 20.8 Å². The van der Waals surface area contributed by atoms with E-state index in [-0.39, 0.29) is 6.61 Å². The Labute approximate surface area is 163 Å². The smallest absolute Gasteiger partial charge is 0.287 e. The Bertz CT molecular complexity index is 1040. The minimum Gasteiger partial charge on any atom is -0.483 e. The zero-order valence-corrected chi connectivity index (χ0v) is 16.4. The number of carbonyl (C=O) groups is 2. The van der Waals surface area contributed by atoms with Gasteiger partial charge in [0.1, 0.15) is 5.75 Å². The lowest BCUT2D eigenvalue weighted by Crippen LogP contribution is -2.34. The van der Waals surface area contributed by atoms with Gasteiger partial charge in [-0.3, -0.25) is 9.59 Å². The number of amides is 2. The van der Waals surface area contributed by atoms with E-state index >= 15 is 0 Å². The molecule has 0 fully saturated rings. The van der Waals surface area contributed by atoms with Crippen molar-refractivity contribution in [2.75, 3.05) is 6.61 Å². The average Bonchev–Trinajstić information content (AvgIpc) is 3.08. The van der Waals surface area contributed by atoms with E-state index in [2.05, 4.69) is 10.1 Å². The van der Waals surface area contributed by atoms with Gasteiger partial charge in [0.2, 0.25) is 5.91 Å². The van der Waals surface area contributed by atoms with Crippen LogP contribution in [0.2, 0.25) is 0 Å². The van der Waals surface area contributed by atoms with E-state index in [1.807, 2.05) is 63.4 Å². The monoisotopic (exact) mass is 377 g/mol. The summed E-state index contributed by atoms with van der Waals surface area (Å²) in [5.74, 6) is -0.337. The standard InChI is InChI=1S/C22H23N3O3/c1-14-9-15(2)22(16(3)10-14)28-13-21(27)25(17(4)26)24-12-18-5-6-19-7-8-23-20(19)11-18/h5-12,23H,13H2,1-4H3. The van der Waals surface area contributed by atoms with Gasteiger partial charge in [-0.15, -0.1) is 0 Å². The molecule has 0 spiro atoms. The quantitative estimate of drug-likeness (QED) is 0.542. The number of benzene rings is 2. The minimum absolute atomic E-state index is 0.267.